The van der Waals surface area contributed by atoms with Crippen molar-refractivity contribution in [3.63, 3.8) is 0 Å². The number of amides is 1. The molecule has 0 aliphatic heterocycles. The lowest BCUT2D eigenvalue weighted by molar-refractivity contribution is -0.119. The maximum absolute atomic E-state index is 13.0. The minimum absolute atomic E-state index is 0.289. The molecule has 0 unspecified atom stereocenters. The minimum atomic E-state index is -0.565. The van der Waals surface area contributed by atoms with Gasteiger partial charge in [-0.2, -0.15) is 4.99 Å². The fourth-order valence-corrected chi connectivity index (χ4v) is 2.23. The molecule has 1 amide bonds. The van der Waals surface area contributed by atoms with Gasteiger partial charge in [-0.05, 0) is 41.8 Å². The third-order valence-electron chi connectivity index (χ3n) is 3.16. The van der Waals surface area contributed by atoms with Crippen LogP contribution in [0.3, 0.4) is 0 Å². The number of carbonyl (C=O) groups is 1. The lowest BCUT2D eigenvalue weighted by Gasteiger charge is -2.14. The Labute approximate surface area is 132 Å². The summed E-state index contributed by atoms with van der Waals surface area (Å²) in [6, 6.07) is 12.8. The van der Waals surface area contributed by atoms with Gasteiger partial charge in [-0.25, -0.2) is 4.39 Å². The van der Waals surface area contributed by atoms with Gasteiger partial charge in [0.2, 0.25) is 0 Å². The molecule has 0 radical (unpaired) electrons. The van der Waals surface area contributed by atoms with E-state index in [2.05, 4.69) is 4.99 Å². The van der Waals surface area contributed by atoms with Gasteiger partial charge < -0.3 is 11.5 Å². The van der Waals surface area contributed by atoms with Crippen LogP contribution in [0.2, 0.25) is 5.02 Å². The van der Waals surface area contributed by atoms with Gasteiger partial charge in [-0.3, -0.25) is 4.79 Å². The monoisotopic (exact) mass is 319 g/mol. The number of carbonyl (C=O) groups excluding carboxylic acids is 1. The van der Waals surface area contributed by atoms with Gasteiger partial charge in [-0.1, -0.05) is 35.9 Å². The van der Waals surface area contributed by atoms with Gasteiger partial charge in [0, 0.05) is 5.02 Å². The zero-order valence-corrected chi connectivity index (χ0v) is 12.4. The van der Waals surface area contributed by atoms with Crippen LogP contribution in [0.4, 0.5) is 4.39 Å². The van der Waals surface area contributed by atoms with E-state index in [9.17, 15) is 9.18 Å². The van der Waals surface area contributed by atoms with E-state index in [0.29, 0.717) is 11.4 Å². The van der Waals surface area contributed by atoms with E-state index in [1.807, 2.05) is 0 Å². The molecule has 22 heavy (non-hydrogen) atoms. The molecular weight excluding hydrogens is 305 g/mol. The second kappa shape index (κ2) is 7.04. The van der Waals surface area contributed by atoms with Gasteiger partial charge in [0.1, 0.15) is 5.82 Å². The van der Waals surface area contributed by atoms with E-state index < -0.39 is 11.8 Å². The highest BCUT2D eigenvalue weighted by molar-refractivity contribution is 6.30. The topological polar surface area (TPSA) is 81.5 Å². The van der Waals surface area contributed by atoms with Crippen molar-refractivity contribution in [1.29, 1.82) is 0 Å². The lowest BCUT2D eigenvalue weighted by atomic mass is 9.91. The number of hydrogen-bond acceptors (Lipinski definition) is 1. The molecule has 0 aliphatic carbocycles. The molecule has 2 rings (SSSR count). The van der Waals surface area contributed by atoms with Gasteiger partial charge in [0.25, 0.3) is 5.91 Å². The van der Waals surface area contributed by atoms with Gasteiger partial charge in [0.05, 0.1) is 5.92 Å². The van der Waals surface area contributed by atoms with Gasteiger partial charge in [-0.15, -0.1) is 0 Å². The van der Waals surface area contributed by atoms with E-state index in [1.54, 1.807) is 36.4 Å². The highest BCUT2D eigenvalue weighted by Crippen LogP contribution is 2.24. The van der Waals surface area contributed by atoms with E-state index >= 15 is 0 Å². The van der Waals surface area contributed by atoms with Crippen molar-refractivity contribution >= 4 is 23.5 Å². The highest BCUT2D eigenvalue weighted by atomic mass is 35.5. The summed E-state index contributed by atoms with van der Waals surface area (Å²) in [4.78, 5) is 15.9. The first-order valence-electron chi connectivity index (χ1n) is 6.59. The Kier molecular flexibility index (Phi) is 5.12. The number of halogens is 2. The molecule has 4 nitrogen and oxygen atoms in total. The summed E-state index contributed by atoms with van der Waals surface area (Å²) in [6.45, 7) is 0. The number of nitrogens with two attached hydrogens (primary N) is 2. The number of rotatable bonds is 4. The Morgan fingerprint density at radius 2 is 1.68 bits per heavy atom. The second-order valence-corrected chi connectivity index (χ2v) is 5.25. The summed E-state index contributed by atoms with van der Waals surface area (Å²) in [5.74, 6) is -1.64. The first-order chi connectivity index (χ1) is 10.5. The third kappa shape index (κ3) is 4.30. The van der Waals surface area contributed by atoms with Crippen molar-refractivity contribution in [3.8, 4) is 0 Å². The molecule has 114 valence electrons. The van der Waals surface area contributed by atoms with E-state index in [0.717, 1.165) is 11.1 Å². The van der Waals surface area contributed by atoms with Crippen molar-refractivity contribution in [2.75, 3.05) is 0 Å². The van der Waals surface area contributed by atoms with E-state index in [-0.39, 0.29) is 11.8 Å². The Morgan fingerprint density at radius 1 is 1.09 bits per heavy atom. The predicted octanol–water partition coefficient (Wildman–Crippen LogP) is 2.61. The van der Waals surface area contributed by atoms with Gasteiger partial charge in [0.15, 0.2) is 5.96 Å². The van der Waals surface area contributed by atoms with E-state index in [4.69, 9.17) is 23.1 Å². The fraction of sp³-hybridized carbons (Fsp3) is 0.125. The smallest absolute Gasteiger partial charge is 0.256 e. The molecule has 0 saturated heterocycles. The van der Waals surface area contributed by atoms with Crippen molar-refractivity contribution in [2.45, 2.75) is 12.3 Å². The molecule has 0 heterocycles. The van der Waals surface area contributed by atoms with Crippen molar-refractivity contribution in [3.05, 3.63) is 70.5 Å². The number of aliphatic imine (C=N–C) groups is 1. The van der Waals surface area contributed by atoms with Crippen LogP contribution in [0.25, 0.3) is 0 Å². The van der Waals surface area contributed by atoms with Crippen LogP contribution < -0.4 is 11.5 Å². The van der Waals surface area contributed by atoms with E-state index in [1.165, 1.54) is 12.1 Å². The molecular formula is C16H15ClFN3O. The fourth-order valence-electron chi connectivity index (χ4n) is 2.10. The molecule has 0 spiro atoms. The molecule has 2 aromatic carbocycles. The Hall–Kier alpha value is -2.40. The summed E-state index contributed by atoms with van der Waals surface area (Å²) >= 11 is 5.86. The molecule has 0 bridgehead atoms. The summed E-state index contributed by atoms with van der Waals surface area (Å²) in [6.07, 6.45) is 0.359. The normalized spacial score (nSPS) is 11.7. The largest absolute Gasteiger partial charge is 0.370 e. The van der Waals surface area contributed by atoms with Crippen LogP contribution in [0.1, 0.15) is 17.0 Å². The molecule has 4 N–H and O–H groups in total. The Balaban J connectivity index is 2.32. The number of benzene rings is 2. The van der Waals surface area contributed by atoms with Crippen molar-refractivity contribution in [1.82, 2.24) is 0 Å². The van der Waals surface area contributed by atoms with Crippen molar-refractivity contribution in [2.24, 2.45) is 16.5 Å². The summed E-state index contributed by atoms with van der Waals surface area (Å²) in [7, 11) is 0. The first-order valence-corrected chi connectivity index (χ1v) is 6.97. The number of guanidine groups is 1. The minimum Gasteiger partial charge on any atom is -0.370 e. The maximum Gasteiger partial charge on any atom is 0.256 e. The second-order valence-electron chi connectivity index (χ2n) is 4.81. The summed E-state index contributed by atoms with van der Waals surface area (Å²) in [5, 5.41) is 0.568. The maximum atomic E-state index is 13.0. The molecule has 1 atom stereocenters. The van der Waals surface area contributed by atoms with Crippen LogP contribution in [0.5, 0.6) is 0 Å². The Morgan fingerprint density at radius 3 is 2.23 bits per heavy atom. The van der Waals surface area contributed by atoms with Crippen LogP contribution in [-0.4, -0.2) is 11.9 Å². The Bertz CT molecular complexity index is 680. The van der Waals surface area contributed by atoms with Crippen LogP contribution in [-0.2, 0) is 11.2 Å². The van der Waals surface area contributed by atoms with Crippen LogP contribution in [0.15, 0.2) is 53.5 Å². The van der Waals surface area contributed by atoms with Crippen molar-refractivity contribution < 1.29 is 9.18 Å². The summed E-state index contributed by atoms with van der Waals surface area (Å²) in [5.41, 5.74) is 12.1. The molecule has 0 fully saturated rings. The number of hydrogen-bond donors (Lipinski definition) is 2. The number of nitrogens with zero attached hydrogens (tertiary/aromatic N) is 1. The zero-order valence-electron chi connectivity index (χ0n) is 11.7. The molecule has 6 heteroatoms. The molecule has 0 aromatic heterocycles. The lowest BCUT2D eigenvalue weighted by Crippen LogP contribution is -2.26. The summed E-state index contributed by atoms with van der Waals surface area (Å²) < 4.78 is 13.0. The average Bonchev–Trinajstić information content (AvgIpc) is 2.47. The molecule has 0 aliphatic rings. The quantitative estimate of drug-likeness (QED) is 0.671. The predicted molar refractivity (Wildman–Crippen MR) is 85.1 cm³/mol. The standard InChI is InChI=1S/C16H15ClFN3O/c17-12-5-3-11(4-6-12)14(15(22)21-16(19)20)9-10-1-7-13(18)8-2-10/h1-8,14H,9H2,(H4,19,20,21,22)/t14-/m0/s1. The average molecular weight is 320 g/mol. The third-order valence-corrected chi connectivity index (χ3v) is 3.41. The SMILES string of the molecule is NC(N)=NC(=O)[C@@H](Cc1ccc(F)cc1)c1ccc(Cl)cc1. The van der Waals surface area contributed by atoms with Crippen LogP contribution in [0, 0.1) is 5.82 Å². The van der Waals surface area contributed by atoms with Gasteiger partial charge >= 0.3 is 0 Å². The highest BCUT2D eigenvalue weighted by Gasteiger charge is 2.21. The van der Waals surface area contributed by atoms with Crippen LogP contribution >= 0.6 is 11.6 Å². The zero-order chi connectivity index (χ0) is 16.1. The molecule has 2 aromatic rings. The first kappa shape index (κ1) is 16.0. The molecule has 0 saturated carbocycles.